The van der Waals surface area contributed by atoms with Gasteiger partial charge in [-0.2, -0.15) is 0 Å². The van der Waals surface area contributed by atoms with E-state index in [1.54, 1.807) is 6.08 Å². The molecule has 4 nitrogen and oxygen atoms in total. The Morgan fingerprint density at radius 1 is 1.19 bits per heavy atom. The number of benzene rings is 1. The SMILES string of the molecule is CN1C(=O)SC(=Cc2cccn2-c2cccc(Br)c2)C1=O. The van der Waals surface area contributed by atoms with Crippen LogP contribution >= 0.6 is 27.7 Å². The van der Waals surface area contributed by atoms with Crippen LogP contribution in [0.1, 0.15) is 5.69 Å². The van der Waals surface area contributed by atoms with Crippen molar-refractivity contribution in [3.63, 3.8) is 0 Å². The largest absolute Gasteiger partial charge is 0.317 e. The topological polar surface area (TPSA) is 42.3 Å². The fraction of sp³-hybridized carbons (Fsp3) is 0.0667. The molecule has 0 unspecified atom stereocenters. The van der Waals surface area contributed by atoms with Crippen LogP contribution < -0.4 is 0 Å². The van der Waals surface area contributed by atoms with Crippen molar-refractivity contribution in [1.82, 2.24) is 9.47 Å². The first-order valence-corrected chi connectivity index (χ1v) is 7.82. The van der Waals surface area contributed by atoms with Crippen molar-refractivity contribution in [2.45, 2.75) is 0 Å². The number of imide groups is 1. The van der Waals surface area contributed by atoms with E-state index in [1.807, 2.05) is 47.2 Å². The van der Waals surface area contributed by atoms with E-state index in [-0.39, 0.29) is 11.1 Å². The standard InChI is InChI=1S/C15H11BrN2O2S/c1-17-14(19)13(21-15(17)20)9-12-6-3-7-18(12)11-5-2-4-10(16)8-11/h2-9H,1H3. The number of likely N-dealkylation sites (N-methyl/N-ethyl adjacent to an activating group) is 1. The molecule has 1 fully saturated rings. The predicted octanol–water partition coefficient (Wildman–Crippen LogP) is 3.91. The van der Waals surface area contributed by atoms with E-state index in [1.165, 1.54) is 7.05 Å². The lowest BCUT2D eigenvalue weighted by molar-refractivity contribution is -0.121. The second-order valence-corrected chi connectivity index (χ2v) is 6.43. The van der Waals surface area contributed by atoms with E-state index >= 15 is 0 Å². The van der Waals surface area contributed by atoms with Crippen molar-refractivity contribution in [3.8, 4) is 5.69 Å². The highest BCUT2D eigenvalue weighted by atomic mass is 79.9. The van der Waals surface area contributed by atoms with Crippen molar-refractivity contribution >= 4 is 44.9 Å². The minimum absolute atomic E-state index is 0.244. The van der Waals surface area contributed by atoms with E-state index < -0.39 is 0 Å². The monoisotopic (exact) mass is 362 g/mol. The molecule has 0 spiro atoms. The number of carbonyl (C=O) groups excluding carboxylic acids is 2. The average molecular weight is 363 g/mol. The number of hydrogen-bond donors (Lipinski definition) is 0. The van der Waals surface area contributed by atoms with Crippen LogP contribution in [0.25, 0.3) is 11.8 Å². The highest BCUT2D eigenvalue weighted by Crippen LogP contribution is 2.31. The van der Waals surface area contributed by atoms with Crippen LogP contribution in [0.4, 0.5) is 4.79 Å². The van der Waals surface area contributed by atoms with Crippen LogP contribution in [-0.4, -0.2) is 27.7 Å². The second kappa shape index (κ2) is 5.54. The quantitative estimate of drug-likeness (QED) is 0.760. The van der Waals surface area contributed by atoms with Crippen LogP contribution in [-0.2, 0) is 4.79 Å². The molecule has 0 saturated carbocycles. The summed E-state index contributed by atoms with van der Waals surface area (Å²) in [5.74, 6) is -0.257. The van der Waals surface area contributed by atoms with Crippen molar-refractivity contribution in [1.29, 1.82) is 0 Å². The van der Waals surface area contributed by atoms with Gasteiger partial charge >= 0.3 is 0 Å². The van der Waals surface area contributed by atoms with E-state index in [0.29, 0.717) is 4.91 Å². The number of aromatic nitrogens is 1. The molecule has 3 rings (SSSR count). The molecular formula is C15H11BrN2O2S. The van der Waals surface area contributed by atoms with Crippen LogP contribution in [0, 0.1) is 0 Å². The summed E-state index contributed by atoms with van der Waals surface area (Å²) in [5.41, 5.74) is 1.84. The van der Waals surface area contributed by atoms with Crippen LogP contribution in [0.5, 0.6) is 0 Å². The summed E-state index contributed by atoms with van der Waals surface area (Å²) in [4.78, 5) is 25.1. The molecule has 1 aromatic carbocycles. The molecule has 106 valence electrons. The maximum Gasteiger partial charge on any atom is 0.293 e. The van der Waals surface area contributed by atoms with Crippen molar-refractivity contribution < 1.29 is 9.59 Å². The molecule has 0 N–H and O–H groups in total. The van der Waals surface area contributed by atoms with Crippen molar-refractivity contribution in [2.24, 2.45) is 0 Å². The van der Waals surface area contributed by atoms with E-state index in [4.69, 9.17) is 0 Å². The molecule has 6 heteroatoms. The van der Waals surface area contributed by atoms with Gasteiger partial charge in [-0.15, -0.1) is 0 Å². The number of hydrogen-bond acceptors (Lipinski definition) is 3. The molecule has 0 bridgehead atoms. The fourth-order valence-electron chi connectivity index (χ4n) is 2.05. The zero-order valence-corrected chi connectivity index (χ0v) is 13.5. The smallest absolute Gasteiger partial charge is 0.293 e. The Morgan fingerprint density at radius 3 is 2.67 bits per heavy atom. The molecule has 1 aliphatic heterocycles. The molecule has 0 radical (unpaired) electrons. The van der Waals surface area contributed by atoms with E-state index in [2.05, 4.69) is 15.9 Å². The van der Waals surface area contributed by atoms with Gasteiger partial charge in [-0.05, 0) is 48.2 Å². The number of amides is 2. The van der Waals surface area contributed by atoms with Gasteiger partial charge < -0.3 is 4.57 Å². The molecule has 1 aliphatic rings. The Hall–Kier alpha value is -1.79. The summed E-state index contributed by atoms with van der Waals surface area (Å²) < 4.78 is 2.95. The third kappa shape index (κ3) is 2.69. The molecule has 1 aromatic heterocycles. The third-order valence-electron chi connectivity index (χ3n) is 3.13. The summed E-state index contributed by atoms with van der Waals surface area (Å²) in [6, 6.07) is 11.7. The van der Waals surface area contributed by atoms with E-state index in [0.717, 1.165) is 32.5 Å². The summed E-state index contributed by atoms with van der Waals surface area (Å²) >= 11 is 4.41. The molecule has 2 heterocycles. The van der Waals surface area contributed by atoms with Gasteiger partial charge in [0.15, 0.2) is 0 Å². The summed E-state index contributed by atoms with van der Waals surface area (Å²) in [7, 11) is 1.49. The maximum atomic E-state index is 11.9. The molecule has 0 atom stereocenters. The number of nitrogens with zero attached hydrogens (tertiary/aromatic N) is 2. The Kier molecular flexibility index (Phi) is 3.73. The third-order valence-corrected chi connectivity index (χ3v) is 4.59. The van der Waals surface area contributed by atoms with Crippen LogP contribution in [0.15, 0.2) is 52.0 Å². The molecule has 2 aromatic rings. The number of rotatable bonds is 2. The van der Waals surface area contributed by atoms with Gasteiger partial charge in [0.25, 0.3) is 11.1 Å². The van der Waals surface area contributed by atoms with Crippen LogP contribution in [0.2, 0.25) is 0 Å². The van der Waals surface area contributed by atoms with Gasteiger partial charge in [0.1, 0.15) is 0 Å². The molecular weight excluding hydrogens is 352 g/mol. The summed E-state index contributed by atoms with van der Waals surface area (Å²) in [6.07, 6.45) is 3.67. The predicted molar refractivity (Wildman–Crippen MR) is 87.2 cm³/mol. The molecule has 1 saturated heterocycles. The van der Waals surface area contributed by atoms with Crippen LogP contribution in [0.3, 0.4) is 0 Å². The highest BCUT2D eigenvalue weighted by Gasteiger charge is 2.31. The highest BCUT2D eigenvalue weighted by molar-refractivity contribution is 9.10. The minimum atomic E-state index is -0.257. The van der Waals surface area contributed by atoms with Crippen molar-refractivity contribution in [2.75, 3.05) is 7.05 Å². The lowest BCUT2D eigenvalue weighted by Gasteiger charge is -2.07. The number of thioether (sulfide) groups is 1. The van der Waals surface area contributed by atoms with Gasteiger partial charge in [0, 0.05) is 29.1 Å². The normalized spacial score (nSPS) is 17.0. The van der Waals surface area contributed by atoms with Gasteiger partial charge in [0.2, 0.25) is 0 Å². The molecule has 2 amide bonds. The Bertz CT molecular complexity index is 767. The first-order valence-electron chi connectivity index (χ1n) is 6.21. The number of carbonyl (C=O) groups is 2. The lowest BCUT2D eigenvalue weighted by Crippen LogP contribution is -2.22. The molecule has 0 aliphatic carbocycles. The zero-order valence-electron chi connectivity index (χ0n) is 11.1. The number of halogens is 1. The Labute approximate surface area is 134 Å². The van der Waals surface area contributed by atoms with E-state index in [9.17, 15) is 9.59 Å². The average Bonchev–Trinajstić information content (AvgIpc) is 3.01. The first-order chi connectivity index (χ1) is 10.1. The first kappa shape index (κ1) is 14.2. The molecule has 21 heavy (non-hydrogen) atoms. The zero-order chi connectivity index (χ0) is 15.0. The van der Waals surface area contributed by atoms with Gasteiger partial charge in [-0.25, -0.2) is 0 Å². The van der Waals surface area contributed by atoms with Gasteiger partial charge in [-0.1, -0.05) is 22.0 Å². The van der Waals surface area contributed by atoms with Crippen molar-refractivity contribution in [3.05, 3.63) is 57.7 Å². The lowest BCUT2D eigenvalue weighted by atomic mass is 10.3. The second-order valence-electron chi connectivity index (χ2n) is 4.52. The van der Waals surface area contributed by atoms with Gasteiger partial charge in [0.05, 0.1) is 4.91 Å². The fourth-order valence-corrected chi connectivity index (χ4v) is 3.25. The Balaban J connectivity index is 2.01. The summed E-state index contributed by atoms with van der Waals surface area (Å²) in [5, 5.41) is -0.244. The summed E-state index contributed by atoms with van der Waals surface area (Å²) in [6.45, 7) is 0. The minimum Gasteiger partial charge on any atom is -0.317 e. The maximum absolute atomic E-state index is 11.9. The Morgan fingerprint density at radius 2 is 2.00 bits per heavy atom. The van der Waals surface area contributed by atoms with Gasteiger partial charge in [-0.3, -0.25) is 14.5 Å².